The molecule has 1 amide bonds. The molecule has 136 valence electrons. The lowest BCUT2D eigenvalue weighted by Gasteiger charge is -2.41. The molecule has 2 unspecified atom stereocenters. The van der Waals surface area contributed by atoms with Crippen molar-refractivity contribution in [1.82, 2.24) is 5.32 Å². The largest absolute Gasteiger partial charge is 0.388 e. The summed E-state index contributed by atoms with van der Waals surface area (Å²) in [6.07, 6.45) is 4.06. The Labute approximate surface area is 140 Å². The van der Waals surface area contributed by atoms with Crippen molar-refractivity contribution >= 4 is 5.91 Å². The number of ether oxygens (including phenoxy) is 1. The van der Waals surface area contributed by atoms with Crippen LogP contribution >= 0.6 is 0 Å². The zero-order chi connectivity index (χ0) is 17.4. The fourth-order valence-corrected chi connectivity index (χ4v) is 3.14. The molecule has 1 aliphatic rings. The second-order valence-electron chi connectivity index (χ2n) is 7.21. The van der Waals surface area contributed by atoms with Crippen molar-refractivity contribution in [1.29, 1.82) is 0 Å². The van der Waals surface area contributed by atoms with Crippen LogP contribution in [0.1, 0.15) is 72.6 Å². The number of aliphatic hydroxyl groups excluding tert-OH is 2. The van der Waals surface area contributed by atoms with Crippen molar-refractivity contribution in [2.24, 2.45) is 5.92 Å². The molecule has 1 heterocycles. The predicted octanol–water partition coefficient (Wildman–Crippen LogP) is 2.39. The van der Waals surface area contributed by atoms with Gasteiger partial charge in [0.2, 0.25) is 5.91 Å². The van der Waals surface area contributed by atoms with Gasteiger partial charge in [-0.3, -0.25) is 4.79 Å². The summed E-state index contributed by atoms with van der Waals surface area (Å²) in [6.45, 7) is 8.19. The van der Waals surface area contributed by atoms with Crippen LogP contribution in [0, 0.1) is 5.92 Å². The summed E-state index contributed by atoms with van der Waals surface area (Å²) in [5.74, 6) is 0.668. The smallest absolute Gasteiger partial charge is 0.220 e. The van der Waals surface area contributed by atoms with E-state index in [9.17, 15) is 15.0 Å². The third kappa shape index (κ3) is 6.77. The normalized spacial score (nSPS) is 31.3. The maximum absolute atomic E-state index is 12.0. The second kappa shape index (κ2) is 10.3. The first-order valence-electron chi connectivity index (χ1n) is 9.17. The van der Waals surface area contributed by atoms with Gasteiger partial charge in [0.1, 0.15) is 12.2 Å². The molecule has 0 saturated carbocycles. The summed E-state index contributed by atoms with van der Waals surface area (Å²) >= 11 is 0. The van der Waals surface area contributed by atoms with Gasteiger partial charge in [0.15, 0.2) is 0 Å². The molecule has 0 aromatic heterocycles. The first-order chi connectivity index (χ1) is 10.9. The molecule has 0 radical (unpaired) electrons. The van der Waals surface area contributed by atoms with Crippen LogP contribution < -0.4 is 5.32 Å². The molecule has 0 aliphatic carbocycles. The molecule has 23 heavy (non-hydrogen) atoms. The number of carbonyl (C=O) groups is 1. The number of unbranched alkanes of at least 4 members (excludes halogenated alkanes) is 3. The molecule has 1 aliphatic heterocycles. The number of carbonyl (C=O) groups excluding carboxylic acids is 1. The molecule has 0 spiro atoms. The zero-order valence-corrected chi connectivity index (χ0v) is 15.1. The zero-order valence-electron chi connectivity index (χ0n) is 15.1. The average Bonchev–Trinajstić information content (AvgIpc) is 2.50. The number of aliphatic hydroxyl groups is 2. The SMILES string of the molecule is CCC1O[C@@H](C)C(NC(=O)CCCCCCC(C)C)[C@@H](O)[C@H]1O. The molecule has 0 bridgehead atoms. The van der Waals surface area contributed by atoms with Crippen LogP contribution in [0.15, 0.2) is 0 Å². The molecule has 1 rings (SSSR count). The van der Waals surface area contributed by atoms with Crippen LogP contribution in [0.4, 0.5) is 0 Å². The highest BCUT2D eigenvalue weighted by atomic mass is 16.5. The van der Waals surface area contributed by atoms with E-state index in [1.165, 1.54) is 12.8 Å². The van der Waals surface area contributed by atoms with Gasteiger partial charge in [-0.2, -0.15) is 0 Å². The monoisotopic (exact) mass is 329 g/mol. The van der Waals surface area contributed by atoms with E-state index >= 15 is 0 Å². The minimum absolute atomic E-state index is 0.0736. The van der Waals surface area contributed by atoms with Gasteiger partial charge in [0.25, 0.3) is 0 Å². The topological polar surface area (TPSA) is 78.8 Å². The third-order valence-corrected chi connectivity index (χ3v) is 4.66. The molecule has 3 N–H and O–H groups in total. The number of rotatable bonds is 9. The van der Waals surface area contributed by atoms with Gasteiger partial charge in [0, 0.05) is 6.42 Å². The van der Waals surface area contributed by atoms with E-state index in [-0.39, 0.29) is 18.1 Å². The minimum atomic E-state index is -0.973. The van der Waals surface area contributed by atoms with Gasteiger partial charge >= 0.3 is 0 Å². The maximum atomic E-state index is 12.0. The summed E-state index contributed by atoms with van der Waals surface area (Å²) in [5, 5.41) is 23.1. The lowest BCUT2D eigenvalue weighted by atomic mass is 9.92. The van der Waals surface area contributed by atoms with Gasteiger partial charge in [-0.25, -0.2) is 0 Å². The van der Waals surface area contributed by atoms with Crippen molar-refractivity contribution in [2.75, 3.05) is 0 Å². The van der Waals surface area contributed by atoms with Crippen LogP contribution in [0.5, 0.6) is 0 Å². The Balaban J connectivity index is 2.28. The van der Waals surface area contributed by atoms with Gasteiger partial charge < -0.3 is 20.3 Å². The van der Waals surface area contributed by atoms with E-state index in [4.69, 9.17) is 4.74 Å². The number of hydrogen-bond acceptors (Lipinski definition) is 4. The minimum Gasteiger partial charge on any atom is -0.388 e. The Kier molecular flexibility index (Phi) is 9.10. The summed E-state index contributed by atoms with van der Waals surface area (Å²) < 4.78 is 5.69. The molecule has 5 heteroatoms. The molecule has 1 fully saturated rings. The van der Waals surface area contributed by atoms with E-state index in [1.807, 2.05) is 13.8 Å². The lowest BCUT2D eigenvalue weighted by Crippen LogP contribution is -2.62. The van der Waals surface area contributed by atoms with Crippen LogP contribution in [0.3, 0.4) is 0 Å². The fraction of sp³-hybridized carbons (Fsp3) is 0.944. The predicted molar refractivity (Wildman–Crippen MR) is 91.1 cm³/mol. The first-order valence-corrected chi connectivity index (χ1v) is 9.17. The first kappa shape index (κ1) is 20.4. The Morgan fingerprint density at radius 3 is 2.39 bits per heavy atom. The van der Waals surface area contributed by atoms with E-state index < -0.39 is 18.2 Å². The van der Waals surface area contributed by atoms with Crippen LogP contribution in [0.2, 0.25) is 0 Å². The van der Waals surface area contributed by atoms with E-state index in [1.54, 1.807) is 0 Å². The van der Waals surface area contributed by atoms with Gasteiger partial charge in [0.05, 0.1) is 18.2 Å². The van der Waals surface area contributed by atoms with Crippen LogP contribution in [-0.2, 0) is 9.53 Å². The quantitative estimate of drug-likeness (QED) is 0.568. The fourth-order valence-electron chi connectivity index (χ4n) is 3.14. The molecule has 5 atom stereocenters. The highest BCUT2D eigenvalue weighted by Gasteiger charge is 2.42. The van der Waals surface area contributed by atoms with Gasteiger partial charge in [-0.05, 0) is 25.7 Å². The summed E-state index contributed by atoms with van der Waals surface area (Å²) in [4.78, 5) is 12.0. The van der Waals surface area contributed by atoms with E-state index in [2.05, 4.69) is 19.2 Å². The van der Waals surface area contributed by atoms with E-state index in [0.29, 0.717) is 12.8 Å². The average molecular weight is 329 g/mol. The molecule has 0 aromatic rings. The van der Waals surface area contributed by atoms with Crippen molar-refractivity contribution in [3.05, 3.63) is 0 Å². The number of nitrogens with one attached hydrogen (secondary N) is 1. The van der Waals surface area contributed by atoms with E-state index in [0.717, 1.165) is 25.2 Å². The highest BCUT2D eigenvalue weighted by Crippen LogP contribution is 2.23. The molecular weight excluding hydrogens is 294 g/mol. The Morgan fingerprint density at radius 2 is 1.78 bits per heavy atom. The van der Waals surface area contributed by atoms with Gasteiger partial charge in [-0.15, -0.1) is 0 Å². The summed E-state index contributed by atoms with van der Waals surface area (Å²) in [6, 6.07) is -0.541. The second-order valence-corrected chi connectivity index (χ2v) is 7.21. The Morgan fingerprint density at radius 1 is 1.13 bits per heavy atom. The van der Waals surface area contributed by atoms with Gasteiger partial charge in [-0.1, -0.05) is 46.5 Å². The van der Waals surface area contributed by atoms with Crippen molar-refractivity contribution in [3.63, 3.8) is 0 Å². The van der Waals surface area contributed by atoms with Crippen LogP contribution in [-0.4, -0.2) is 46.6 Å². The standard InChI is InChI=1S/C18H35NO4/c1-5-14-17(21)18(22)16(13(4)23-14)19-15(20)11-9-7-6-8-10-12(2)3/h12-14,16-18,21-22H,5-11H2,1-4H3,(H,19,20)/t13-,14?,16?,17-,18+/m0/s1. The molecular formula is C18H35NO4. The maximum Gasteiger partial charge on any atom is 0.220 e. The summed E-state index contributed by atoms with van der Waals surface area (Å²) in [7, 11) is 0. The lowest BCUT2D eigenvalue weighted by molar-refractivity contribution is -0.181. The molecule has 1 saturated heterocycles. The highest BCUT2D eigenvalue weighted by molar-refractivity contribution is 5.76. The number of hydrogen-bond donors (Lipinski definition) is 3. The Bertz CT molecular complexity index is 348. The van der Waals surface area contributed by atoms with Crippen LogP contribution in [0.25, 0.3) is 0 Å². The van der Waals surface area contributed by atoms with Crippen molar-refractivity contribution in [3.8, 4) is 0 Å². The van der Waals surface area contributed by atoms with Crippen molar-refractivity contribution in [2.45, 2.75) is 103 Å². The third-order valence-electron chi connectivity index (χ3n) is 4.66. The van der Waals surface area contributed by atoms with Crippen molar-refractivity contribution < 1.29 is 19.7 Å². The molecule has 5 nitrogen and oxygen atoms in total. The Hall–Kier alpha value is -0.650. The molecule has 0 aromatic carbocycles. The summed E-state index contributed by atoms with van der Waals surface area (Å²) in [5.41, 5.74) is 0. The number of amides is 1.